The third-order valence-corrected chi connectivity index (χ3v) is 2.69. The lowest BCUT2D eigenvalue weighted by atomic mass is 10.4. The third-order valence-electron chi connectivity index (χ3n) is 2.11. The largest absolute Gasteiger partial charge is 0.475 e. The van der Waals surface area contributed by atoms with Crippen LogP contribution in [0.3, 0.4) is 0 Å². The average Bonchev–Trinajstić information content (AvgIpc) is 2.57. The smallest absolute Gasteiger partial charge is 0.372 e. The number of nitrogens with zero attached hydrogens (tertiary/aromatic N) is 3. The zero-order valence-corrected chi connectivity index (χ0v) is 9.52. The summed E-state index contributed by atoms with van der Waals surface area (Å²) in [5, 5.41) is 8.97. The second kappa shape index (κ2) is 3.62. The molecule has 0 unspecified atom stereocenters. The van der Waals surface area contributed by atoms with Gasteiger partial charge in [0.1, 0.15) is 5.52 Å². The Morgan fingerprint density at radius 1 is 1.60 bits per heavy atom. The van der Waals surface area contributed by atoms with Gasteiger partial charge in [0.05, 0.1) is 16.2 Å². The van der Waals surface area contributed by atoms with Crippen molar-refractivity contribution in [2.24, 2.45) is 0 Å². The summed E-state index contributed by atoms with van der Waals surface area (Å²) < 4.78 is 2.39. The van der Waals surface area contributed by atoms with Gasteiger partial charge in [-0.2, -0.15) is 0 Å². The van der Waals surface area contributed by atoms with Gasteiger partial charge in [-0.3, -0.25) is 4.98 Å². The molecule has 5 nitrogen and oxygen atoms in total. The number of fused-ring (bicyclic) bond motifs is 1. The average molecular weight is 270 g/mol. The molecule has 0 amide bonds. The summed E-state index contributed by atoms with van der Waals surface area (Å²) in [5.41, 5.74) is 1.36. The number of halogens is 1. The number of hydrogen-bond acceptors (Lipinski definition) is 3. The number of pyridine rings is 1. The molecule has 2 rings (SSSR count). The van der Waals surface area contributed by atoms with Gasteiger partial charge in [-0.15, -0.1) is 0 Å². The van der Waals surface area contributed by atoms with Gasteiger partial charge < -0.3 is 9.67 Å². The summed E-state index contributed by atoms with van der Waals surface area (Å²) in [6.45, 7) is 2.43. The van der Waals surface area contributed by atoms with Crippen molar-refractivity contribution in [2.75, 3.05) is 0 Å². The summed E-state index contributed by atoms with van der Waals surface area (Å²) in [6, 6.07) is 0. The van der Waals surface area contributed by atoms with E-state index in [2.05, 4.69) is 25.9 Å². The maximum atomic E-state index is 10.9. The van der Waals surface area contributed by atoms with Crippen LogP contribution in [0.25, 0.3) is 11.0 Å². The number of carbonyl (C=O) groups is 1. The van der Waals surface area contributed by atoms with Crippen molar-refractivity contribution >= 4 is 32.9 Å². The molecule has 0 atom stereocenters. The lowest BCUT2D eigenvalue weighted by Crippen LogP contribution is -2.08. The SMILES string of the molecule is CCn1c(C(=O)O)nc2cncc(Br)c21. The molecule has 78 valence electrons. The van der Waals surface area contributed by atoms with Gasteiger partial charge in [-0.25, -0.2) is 9.78 Å². The van der Waals surface area contributed by atoms with Crippen molar-refractivity contribution in [2.45, 2.75) is 13.5 Å². The van der Waals surface area contributed by atoms with E-state index in [0.29, 0.717) is 12.1 Å². The first-order chi connectivity index (χ1) is 7.15. The van der Waals surface area contributed by atoms with Crippen LogP contribution in [0, 0.1) is 0 Å². The Kier molecular flexibility index (Phi) is 2.44. The molecule has 0 aliphatic rings. The maximum Gasteiger partial charge on any atom is 0.372 e. The van der Waals surface area contributed by atoms with Crippen molar-refractivity contribution in [3.05, 3.63) is 22.7 Å². The zero-order valence-electron chi connectivity index (χ0n) is 7.94. The van der Waals surface area contributed by atoms with Gasteiger partial charge in [0, 0.05) is 12.7 Å². The number of aromatic nitrogens is 3. The van der Waals surface area contributed by atoms with Crippen LogP contribution < -0.4 is 0 Å². The van der Waals surface area contributed by atoms with Crippen LogP contribution in [-0.2, 0) is 6.54 Å². The Balaban J connectivity index is 2.86. The van der Waals surface area contributed by atoms with Crippen LogP contribution >= 0.6 is 15.9 Å². The predicted molar refractivity (Wildman–Crippen MR) is 57.9 cm³/mol. The fourth-order valence-corrected chi connectivity index (χ4v) is 2.05. The van der Waals surface area contributed by atoms with E-state index in [9.17, 15) is 4.79 Å². The lowest BCUT2D eigenvalue weighted by Gasteiger charge is -2.02. The van der Waals surface area contributed by atoms with Crippen LogP contribution in [0.2, 0.25) is 0 Å². The zero-order chi connectivity index (χ0) is 11.0. The molecule has 15 heavy (non-hydrogen) atoms. The standard InChI is InChI=1S/C9H8BrN3O2/c1-2-13-7-5(10)3-11-4-6(7)12-8(13)9(14)15/h3-4H,2H2,1H3,(H,14,15). The molecule has 0 saturated carbocycles. The first-order valence-corrected chi connectivity index (χ1v) is 5.17. The molecule has 6 heteroatoms. The lowest BCUT2D eigenvalue weighted by molar-refractivity contribution is 0.0679. The Bertz CT molecular complexity index is 535. The summed E-state index contributed by atoms with van der Waals surface area (Å²) in [6.07, 6.45) is 3.18. The van der Waals surface area contributed by atoms with Crippen molar-refractivity contribution in [3.8, 4) is 0 Å². The minimum atomic E-state index is -1.03. The Morgan fingerprint density at radius 2 is 2.33 bits per heavy atom. The molecule has 2 heterocycles. The quantitative estimate of drug-likeness (QED) is 0.905. The van der Waals surface area contributed by atoms with Crippen molar-refractivity contribution in [3.63, 3.8) is 0 Å². The van der Waals surface area contributed by atoms with Crippen LogP contribution in [-0.4, -0.2) is 25.6 Å². The fraction of sp³-hybridized carbons (Fsp3) is 0.222. The molecule has 0 spiro atoms. The number of imidazole rings is 1. The highest BCUT2D eigenvalue weighted by molar-refractivity contribution is 9.10. The van der Waals surface area contributed by atoms with Gasteiger partial charge in [0.15, 0.2) is 0 Å². The highest BCUT2D eigenvalue weighted by Gasteiger charge is 2.17. The molecule has 0 bridgehead atoms. The van der Waals surface area contributed by atoms with Crippen molar-refractivity contribution in [1.82, 2.24) is 14.5 Å². The van der Waals surface area contributed by atoms with Gasteiger partial charge >= 0.3 is 5.97 Å². The van der Waals surface area contributed by atoms with E-state index in [1.165, 1.54) is 0 Å². The van der Waals surface area contributed by atoms with Crippen LogP contribution in [0.15, 0.2) is 16.9 Å². The summed E-state index contributed by atoms with van der Waals surface area (Å²) in [4.78, 5) is 18.9. The molecule has 0 saturated heterocycles. The Morgan fingerprint density at radius 3 is 2.93 bits per heavy atom. The van der Waals surface area contributed by atoms with Gasteiger partial charge in [0.2, 0.25) is 5.82 Å². The maximum absolute atomic E-state index is 10.9. The summed E-state index contributed by atoms with van der Waals surface area (Å²) in [5.74, 6) is -0.985. The summed E-state index contributed by atoms with van der Waals surface area (Å²) in [7, 11) is 0. The normalized spacial score (nSPS) is 10.8. The molecule has 0 fully saturated rings. The van der Waals surface area contributed by atoms with Crippen molar-refractivity contribution < 1.29 is 9.90 Å². The molecule has 0 radical (unpaired) electrons. The molecule has 0 aliphatic heterocycles. The number of carboxylic acids is 1. The second-order valence-electron chi connectivity index (χ2n) is 2.97. The molecule has 2 aromatic rings. The first kappa shape index (κ1) is 10.1. The van der Waals surface area contributed by atoms with Crippen LogP contribution in [0.1, 0.15) is 17.5 Å². The highest BCUT2D eigenvalue weighted by Crippen LogP contribution is 2.23. The minimum absolute atomic E-state index is 0.0428. The first-order valence-electron chi connectivity index (χ1n) is 4.38. The number of hydrogen-bond donors (Lipinski definition) is 1. The number of rotatable bonds is 2. The van der Waals surface area contributed by atoms with E-state index in [-0.39, 0.29) is 5.82 Å². The fourth-order valence-electron chi connectivity index (χ4n) is 1.52. The monoisotopic (exact) mass is 269 g/mol. The Labute approximate surface area is 93.9 Å². The van der Waals surface area contributed by atoms with E-state index in [1.807, 2.05) is 6.92 Å². The van der Waals surface area contributed by atoms with Crippen LogP contribution in [0.5, 0.6) is 0 Å². The topological polar surface area (TPSA) is 68.0 Å². The molecule has 1 N–H and O–H groups in total. The van der Waals surface area contributed by atoms with E-state index >= 15 is 0 Å². The number of carboxylic acid groups (broad SMARTS) is 1. The van der Waals surface area contributed by atoms with E-state index in [4.69, 9.17) is 5.11 Å². The molecule has 0 aliphatic carbocycles. The Hall–Kier alpha value is -1.43. The second-order valence-corrected chi connectivity index (χ2v) is 3.83. The number of aryl methyl sites for hydroxylation is 1. The minimum Gasteiger partial charge on any atom is -0.475 e. The molecular weight excluding hydrogens is 262 g/mol. The number of aromatic carboxylic acids is 1. The van der Waals surface area contributed by atoms with E-state index in [0.717, 1.165) is 9.99 Å². The predicted octanol–water partition coefficient (Wildman–Crippen LogP) is 1.91. The van der Waals surface area contributed by atoms with Crippen LogP contribution in [0.4, 0.5) is 0 Å². The van der Waals surface area contributed by atoms with Gasteiger partial charge in [-0.1, -0.05) is 0 Å². The highest BCUT2D eigenvalue weighted by atomic mass is 79.9. The molecule has 2 aromatic heterocycles. The third kappa shape index (κ3) is 1.50. The van der Waals surface area contributed by atoms with Gasteiger partial charge in [-0.05, 0) is 22.9 Å². The summed E-state index contributed by atoms with van der Waals surface area (Å²) >= 11 is 3.33. The van der Waals surface area contributed by atoms with Gasteiger partial charge in [0.25, 0.3) is 0 Å². The molecular formula is C9H8BrN3O2. The van der Waals surface area contributed by atoms with Crippen molar-refractivity contribution in [1.29, 1.82) is 0 Å². The molecule has 0 aromatic carbocycles. The van der Waals surface area contributed by atoms with E-state index < -0.39 is 5.97 Å². The van der Waals surface area contributed by atoms with E-state index in [1.54, 1.807) is 17.0 Å².